The Balaban J connectivity index is 1.71. The van der Waals surface area contributed by atoms with Gasteiger partial charge in [0, 0.05) is 38.2 Å². The minimum absolute atomic E-state index is 0.00389. The lowest BCUT2D eigenvalue weighted by atomic mass is 9.89. The molecule has 1 saturated heterocycles. The van der Waals surface area contributed by atoms with E-state index in [1.54, 1.807) is 0 Å². The van der Waals surface area contributed by atoms with E-state index in [0.717, 1.165) is 70.5 Å². The van der Waals surface area contributed by atoms with Crippen molar-refractivity contribution in [1.29, 1.82) is 0 Å². The van der Waals surface area contributed by atoms with E-state index in [1.165, 1.54) is 6.92 Å². The number of carbonyl (C=O) groups is 3. The van der Waals surface area contributed by atoms with Gasteiger partial charge < -0.3 is 23.7 Å². The van der Waals surface area contributed by atoms with Crippen molar-refractivity contribution in [2.45, 2.75) is 122 Å². The number of ether oxygens (including phenoxy) is 4. The highest BCUT2D eigenvalue weighted by atomic mass is 16.7. The molecular weight excluding hydrogens is 412 g/mol. The average Bonchev–Trinajstić information content (AvgIpc) is 3.05. The van der Waals surface area contributed by atoms with Crippen LogP contribution in [0.5, 0.6) is 0 Å². The zero-order valence-electron chi connectivity index (χ0n) is 20.1. The van der Waals surface area contributed by atoms with Gasteiger partial charge >= 0.3 is 11.9 Å². The van der Waals surface area contributed by atoms with E-state index < -0.39 is 0 Å². The molecule has 0 radical (unpaired) electrons. The molecule has 0 amide bonds. The minimum atomic E-state index is -0.310. The monoisotopic (exact) mass is 454 g/mol. The first-order chi connectivity index (χ1) is 15.4. The molecule has 0 bridgehead atoms. The van der Waals surface area contributed by atoms with Gasteiger partial charge in [-0.1, -0.05) is 32.1 Å². The number of unbranched alkanes of at least 4 members (excludes halogenated alkanes) is 5. The van der Waals surface area contributed by atoms with Crippen molar-refractivity contribution in [3.8, 4) is 0 Å². The zero-order chi connectivity index (χ0) is 23.3. The number of hydrogen-bond acceptors (Lipinski definition) is 7. The lowest BCUT2D eigenvalue weighted by Crippen LogP contribution is -2.32. The molecule has 32 heavy (non-hydrogen) atoms. The molecule has 1 saturated carbocycles. The highest BCUT2D eigenvalue weighted by molar-refractivity contribution is 5.69. The molecule has 0 N–H and O–H groups in total. The van der Waals surface area contributed by atoms with Crippen molar-refractivity contribution < 1.29 is 33.3 Å². The third-order valence-corrected chi connectivity index (χ3v) is 6.34. The molecule has 7 nitrogen and oxygen atoms in total. The predicted octanol–water partition coefficient (Wildman–Crippen LogP) is 4.74. The Morgan fingerprint density at radius 2 is 1.75 bits per heavy atom. The van der Waals surface area contributed by atoms with Crippen LogP contribution in [0.15, 0.2) is 0 Å². The second-order valence-electron chi connectivity index (χ2n) is 9.43. The summed E-state index contributed by atoms with van der Waals surface area (Å²) < 4.78 is 22.5. The largest absolute Gasteiger partial charge is 0.463 e. The van der Waals surface area contributed by atoms with Crippen LogP contribution in [0.2, 0.25) is 0 Å². The molecule has 1 aliphatic carbocycles. The Kier molecular flexibility index (Phi) is 12.2. The van der Waals surface area contributed by atoms with Crippen LogP contribution in [-0.2, 0) is 33.3 Å². The highest BCUT2D eigenvalue weighted by Crippen LogP contribution is 2.40. The Morgan fingerprint density at radius 3 is 2.38 bits per heavy atom. The Labute approximate surface area is 192 Å². The van der Waals surface area contributed by atoms with Crippen molar-refractivity contribution in [2.24, 2.45) is 11.8 Å². The molecule has 2 unspecified atom stereocenters. The summed E-state index contributed by atoms with van der Waals surface area (Å²) in [5, 5.41) is 0. The molecule has 2 rings (SSSR count). The topological polar surface area (TPSA) is 88.1 Å². The maximum absolute atomic E-state index is 11.9. The van der Waals surface area contributed by atoms with Crippen molar-refractivity contribution in [3.63, 3.8) is 0 Å². The van der Waals surface area contributed by atoms with E-state index in [2.05, 4.69) is 0 Å². The minimum Gasteiger partial charge on any atom is -0.463 e. The summed E-state index contributed by atoms with van der Waals surface area (Å²) in [6, 6.07) is 0. The fourth-order valence-corrected chi connectivity index (χ4v) is 4.84. The van der Waals surface area contributed by atoms with Crippen LogP contribution in [0, 0.1) is 11.8 Å². The van der Waals surface area contributed by atoms with Gasteiger partial charge in [0.15, 0.2) is 6.29 Å². The van der Waals surface area contributed by atoms with Crippen LogP contribution in [0.1, 0.15) is 97.8 Å². The molecule has 0 aromatic rings. The maximum atomic E-state index is 11.9. The average molecular weight is 455 g/mol. The number of rotatable bonds is 14. The molecule has 7 heteroatoms. The smallest absolute Gasteiger partial charge is 0.306 e. The van der Waals surface area contributed by atoms with Gasteiger partial charge in [-0.3, -0.25) is 9.59 Å². The van der Waals surface area contributed by atoms with Crippen LogP contribution < -0.4 is 0 Å². The number of aldehydes is 1. The quantitative estimate of drug-likeness (QED) is 0.213. The second-order valence-corrected chi connectivity index (χ2v) is 9.43. The van der Waals surface area contributed by atoms with Gasteiger partial charge in [0.25, 0.3) is 0 Å². The second kappa shape index (κ2) is 14.6. The van der Waals surface area contributed by atoms with E-state index in [1.807, 2.05) is 13.8 Å². The Bertz CT molecular complexity index is 571. The summed E-state index contributed by atoms with van der Waals surface area (Å²) in [5.41, 5.74) is 0. The number of esters is 2. The Morgan fingerprint density at radius 1 is 1.03 bits per heavy atom. The lowest BCUT2D eigenvalue weighted by molar-refractivity contribution is -0.195. The standard InChI is InChI=1S/C25H42O7/c1-18(2)30-24(28)13-9-7-5-4-6-8-12-20-21(17-26)23(16-22(20)31-19(3)27)32-25-14-10-11-15-29-25/h17-18,20-23,25H,4-16H2,1-3H3/t20?,21-,22-,23-,25?/m1/s1. The van der Waals surface area contributed by atoms with Crippen LogP contribution in [0.25, 0.3) is 0 Å². The molecule has 2 fully saturated rings. The van der Waals surface area contributed by atoms with Gasteiger partial charge in [-0.15, -0.1) is 0 Å². The molecule has 184 valence electrons. The van der Waals surface area contributed by atoms with Crippen molar-refractivity contribution in [2.75, 3.05) is 6.61 Å². The van der Waals surface area contributed by atoms with Crippen LogP contribution in [-0.4, -0.2) is 49.4 Å². The summed E-state index contributed by atoms with van der Waals surface area (Å²) in [6.07, 6.45) is 11.1. The number of hydrogen-bond donors (Lipinski definition) is 0. The first-order valence-corrected chi connectivity index (χ1v) is 12.5. The predicted molar refractivity (Wildman–Crippen MR) is 120 cm³/mol. The third kappa shape index (κ3) is 9.57. The molecular formula is C25H42O7. The molecule has 1 aliphatic heterocycles. The first kappa shape index (κ1) is 26.8. The van der Waals surface area contributed by atoms with E-state index >= 15 is 0 Å². The first-order valence-electron chi connectivity index (χ1n) is 12.5. The molecule has 5 atom stereocenters. The molecule has 2 aliphatic rings. The van der Waals surface area contributed by atoms with E-state index in [4.69, 9.17) is 18.9 Å². The molecule has 0 aromatic heterocycles. The normalized spacial score (nSPS) is 27.9. The highest BCUT2D eigenvalue weighted by Gasteiger charge is 2.46. The fraction of sp³-hybridized carbons (Fsp3) is 0.880. The van der Waals surface area contributed by atoms with E-state index in [-0.39, 0.29) is 48.4 Å². The van der Waals surface area contributed by atoms with Gasteiger partial charge in [-0.25, -0.2) is 0 Å². The summed E-state index contributed by atoms with van der Waals surface area (Å²) in [5.74, 6) is -0.698. The van der Waals surface area contributed by atoms with Gasteiger partial charge in [-0.05, 0) is 46.0 Å². The van der Waals surface area contributed by atoms with E-state index in [0.29, 0.717) is 19.4 Å². The van der Waals surface area contributed by atoms with E-state index in [9.17, 15) is 14.4 Å². The van der Waals surface area contributed by atoms with Crippen molar-refractivity contribution in [3.05, 3.63) is 0 Å². The molecule has 0 spiro atoms. The van der Waals surface area contributed by atoms with Crippen LogP contribution in [0.4, 0.5) is 0 Å². The summed E-state index contributed by atoms with van der Waals surface area (Å²) in [7, 11) is 0. The summed E-state index contributed by atoms with van der Waals surface area (Å²) in [4.78, 5) is 35.1. The number of carbonyl (C=O) groups excluding carboxylic acids is 3. The SMILES string of the molecule is CC(=O)O[C@@H]1C[C@@H](OC2CCCCO2)[C@H](C=O)C1CCCCCCCCC(=O)OC(C)C. The third-order valence-electron chi connectivity index (χ3n) is 6.34. The van der Waals surface area contributed by atoms with Crippen LogP contribution >= 0.6 is 0 Å². The maximum Gasteiger partial charge on any atom is 0.306 e. The van der Waals surface area contributed by atoms with Gasteiger partial charge in [0.2, 0.25) is 0 Å². The summed E-state index contributed by atoms with van der Waals surface area (Å²) >= 11 is 0. The van der Waals surface area contributed by atoms with Crippen molar-refractivity contribution >= 4 is 18.2 Å². The zero-order valence-corrected chi connectivity index (χ0v) is 20.1. The van der Waals surface area contributed by atoms with Gasteiger partial charge in [0.05, 0.1) is 12.2 Å². The van der Waals surface area contributed by atoms with Crippen molar-refractivity contribution in [1.82, 2.24) is 0 Å². The lowest BCUT2D eigenvalue weighted by Gasteiger charge is -2.28. The molecule has 1 heterocycles. The van der Waals surface area contributed by atoms with Crippen LogP contribution in [0.3, 0.4) is 0 Å². The molecule has 0 aromatic carbocycles. The fourth-order valence-electron chi connectivity index (χ4n) is 4.84. The van der Waals surface area contributed by atoms with Gasteiger partial charge in [0.1, 0.15) is 12.4 Å². The Hall–Kier alpha value is -1.47. The van der Waals surface area contributed by atoms with Gasteiger partial charge in [-0.2, -0.15) is 0 Å². The summed E-state index contributed by atoms with van der Waals surface area (Å²) in [6.45, 7) is 5.84.